The van der Waals surface area contributed by atoms with Gasteiger partial charge in [-0.05, 0) is 63.7 Å². The largest absolute Gasteiger partial charge is 0.379 e. The van der Waals surface area contributed by atoms with Crippen molar-refractivity contribution in [3.8, 4) is 0 Å². The van der Waals surface area contributed by atoms with Gasteiger partial charge in [-0.25, -0.2) is 0 Å². The summed E-state index contributed by atoms with van der Waals surface area (Å²) < 4.78 is 5.52. The number of hydrogen-bond donors (Lipinski definition) is 1. The average molecular weight is 295 g/mol. The Kier molecular flexibility index (Phi) is 6.53. The maximum Gasteiger partial charge on any atom is 0.220 e. The van der Waals surface area contributed by atoms with Crippen molar-refractivity contribution in [1.29, 1.82) is 0 Å². The Morgan fingerprint density at radius 1 is 1.19 bits per heavy atom. The molecule has 2 bridgehead atoms. The lowest BCUT2D eigenvalue weighted by Crippen LogP contribution is -2.35. The fourth-order valence-corrected chi connectivity index (χ4v) is 4.02. The molecule has 3 rings (SSSR count). The number of carbonyl (C=O) groups is 1. The fraction of sp³-hybridized carbons (Fsp3) is 0.944. The van der Waals surface area contributed by atoms with Crippen LogP contribution in [-0.4, -0.2) is 25.2 Å². The highest BCUT2D eigenvalue weighted by Gasteiger charge is 2.50. The van der Waals surface area contributed by atoms with Gasteiger partial charge in [-0.1, -0.05) is 19.3 Å². The van der Waals surface area contributed by atoms with E-state index in [1.807, 2.05) is 0 Å². The van der Waals surface area contributed by atoms with Crippen LogP contribution in [0.25, 0.3) is 0 Å². The molecule has 122 valence electrons. The second-order valence-corrected chi connectivity index (χ2v) is 7.53. The molecule has 1 N–H and O–H groups in total. The zero-order chi connectivity index (χ0) is 15.1. The summed E-state index contributed by atoms with van der Waals surface area (Å²) in [5.74, 6) is 1.25. The van der Waals surface area contributed by atoms with Gasteiger partial charge in [0.05, 0.1) is 6.10 Å². The Morgan fingerprint density at radius 2 is 1.90 bits per heavy atom. The standard InChI is InChI=1S/C18H33NO2/c1-15(2)21-11-7-5-3-4-6-10-19-17(20)14-18-9-8-16(12-18)13-18/h15-16H,3-14H2,1-2H3,(H,19,20). The molecule has 21 heavy (non-hydrogen) atoms. The number of unbranched alkanes of at least 4 members (excludes halogenated alkanes) is 4. The first-order chi connectivity index (χ1) is 10.1. The molecule has 3 fully saturated rings. The lowest BCUT2D eigenvalue weighted by Gasteiger charge is -2.37. The van der Waals surface area contributed by atoms with E-state index in [1.165, 1.54) is 44.9 Å². The molecule has 0 aromatic rings. The summed E-state index contributed by atoms with van der Waals surface area (Å²) in [6.07, 6.45) is 12.4. The van der Waals surface area contributed by atoms with E-state index >= 15 is 0 Å². The van der Waals surface area contributed by atoms with Crippen LogP contribution in [0.15, 0.2) is 0 Å². The normalized spacial score (nSPS) is 26.9. The lowest BCUT2D eigenvalue weighted by atomic mass is 9.67. The predicted octanol–water partition coefficient (Wildman–Crippen LogP) is 4.06. The van der Waals surface area contributed by atoms with Crippen molar-refractivity contribution in [2.45, 2.75) is 84.2 Å². The number of amides is 1. The summed E-state index contributed by atoms with van der Waals surface area (Å²) in [7, 11) is 0. The van der Waals surface area contributed by atoms with Crippen LogP contribution in [0.4, 0.5) is 0 Å². The molecule has 0 radical (unpaired) electrons. The first-order valence-electron chi connectivity index (χ1n) is 8.98. The maximum atomic E-state index is 11.9. The first kappa shape index (κ1) is 16.8. The van der Waals surface area contributed by atoms with E-state index in [4.69, 9.17) is 4.74 Å². The van der Waals surface area contributed by atoms with Crippen molar-refractivity contribution in [2.24, 2.45) is 11.3 Å². The quantitative estimate of drug-likeness (QED) is 0.584. The summed E-state index contributed by atoms with van der Waals surface area (Å²) in [6, 6.07) is 0. The minimum Gasteiger partial charge on any atom is -0.379 e. The second-order valence-electron chi connectivity index (χ2n) is 7.53. The Morgan fingerprint density at radius 3 is 2.57 bits per heavy atom. The minimum atomic E-state index is 0.292. The molecule has 0 atom stereocenters. The van der Waals surface area contributed by atoms with Gasteiger partial charge in [0.1, 0.15) is 0 Å². The summed E-state index contributed by atoms with van der Waals surface area (Å²) in [5, 5.41) is 3.11. The van der Waals surface area contributed by atoms with E-state index in [0.717, 1.165) is 38.3 Å². The zero-order valence-electron chi connectivity index (χ0n) is 14.0. The zero-order valence-corrected chi connectivity index (χ0v) is 14.0. The monoisotopic (exact) mass is 295 g/mol. The van der Waals surface area contributed by atoms with Crippen molar-refractivity contribution >= 4 is 5.91 Å². The lowest BCUT2D eigenvalue weighted by molar-refractivity contribution is -0.124. The predicted molar refractivity (Wildman–Crippen MR) is 86.2 cm³/mol. The van der Waals surface area contributed by atoms with Gasteiger partial charge in [0.2, 0.25) is 5.91 Å². The molecule has 0 aromatic carbocycles. The van der Waals surface area contributed by atoms with Crippen molar-refractivity contribution in [3.63, 3.8) is 0 Å². The molecule has 0 unspecified atom stereocenters. The van der Waals surface area contributed by atoms with Crippen LogP contribution < -0.4 is 5.32 Å². The number of ether oxygens (including phenoxy) is 1. The van der Waals surface area contributed by atoms with Gasteiger partial charge in [-0.15, -0.1) is 0 Å². The Bertz CT molecular complexity index is 316. The molecule has 3 saturated carbocycles. The molecule has 0 saturated heterocycles. The molecule has 3 aliphatic carbocycles. The molecule has 3 nitrogen and oxygen atoms in total. The first-order valence-corrected chi connectivity index (χ1v) is 8.98. The van der Waals surface area contributed by atoms with E-state index in [-0.39, 0.29) is 0 Å². The summed E-state index contributed by atoms with van der Waals surface area (Å²) >= 11 is 0. The number of fused-ring (bicyclic) bond motifs is 1. The van der Waals surface area contributed by atoms with Crippen LogP contribution in [0, 0.1) is 11.3 Å². The average Bonchev–Trinajstić information content (AvgIpc) is 2.96. The van der Waals surface area contributed by atoms with Gasteiger partial charge in [-0.3, -0.25) is 4.79 Å². The molecule has 3 heteroatoms. The third kappa shape index (κ3) is 5.61. The fourth-order valence-electron chi connectivity index (χ4n) is 4.02. The van der Waals surface area contributed by atoms with Gasteiger partial charge >= 0.3 is 0 Å². The molecule has 0 spiro atoms. The second kappa shape index (κ2) is 8.17. The van der Waals surface area contributed by atoms with Gasteiger partial charge < -0.3 is 10.1 Å². The summed E-state index contributed by atoms with van der Waals surface area (Å²) in [5.41, 5.74) is 0.422. The molecule has 0 aliphatic heterocycles. The van der Waals surface area contributed by atoms with Crippen molar-refractivity contribution in [1.82, 2.24) is 5.32 Å². The molecular weight excluding hydrogens is 262 g/mol. The van der Waals surface area contributed by atoms with Crippen LogP contribution in [-0.2, 0) is 9.53 Å². The molecule has 3 aliphatic rings. The SMILES string of the molecule is CC(C)OCCCCCCCNC(=O)CC12CCC(C1)C2. The summed E-state index contributed by atoms with van der Waals surface area (Å²) in [4.78, 5) is 11.9. The van der Waals surface area contributed by atoms with Gasteiger partial charge in [0.25, 0.3) is 0 Å². The van der Waals surface area contributed by atoms with Crippen LogP contribution in [0.3, 0.4) is 0 Å². The number of carbonyl (C=O) groups excluding carboxylic acids is 1. The Hall–Kier alpha value is -0.570. The molecule has 0 aromatic heterocycles. The number of nitrogens with one attached hydrogen (secondary N) is 1. The van der Waals surface area contributed by atoms with E-state index in [1.54, 1.807) is 0 Å². The third-order valence-corrected chi connectivity index (χ3v) is 5.16. The minimum absolute atomic E-state index is 0.292. The summed E-state index contributed by atoms with van der Waals surface area (Å²) in [6.45, 7) is 5.91. The van der Waals surface area contributed by atoms with Crippen molar-refractivity contribution in [3.05, 3.63) is 0 Å². The van der Waals surface area contributed by atoms with Crippen LogP contribution in [0.5, 0.6) is 0 Å². The van der Waals surface area contributed by atoms with Crippen LogP contribution in [0.1, 0.15) is 78.1 Å². The van der Waals surface area contributed by atoms with Gasteiger partial charge in [-0.2, -0.15) is 0 Å². The highest BCUT2D eigenvalue weighted by atomic mass is 16.5. The highest BCUT2D eigenvalue weighted by molar-refractivity contribution is 5.76. The number of rotatable bonds is 11. The number of hydrogen-bond acceptors (Lipinski definition) is 2. The smallest absolute Gasteiger partial charge is 0.220 e. The van der Waals surface area contributed by atoms with E-state index in [2.05, 4.69) is 19.2 Å². The van der Waals surface area contributed by atoms with Crippen molar-refractivity contribution < 1.29 is 9.53 Å². The third-order valence-electron chi connectivity index (χ3n) is 5.16. The van der Waals surface area contributed by atoms with E-state index in [0.29, 0.717) is 17.4 Å². The topological polar surface area (TPSA) is 38.3 Å². The molecular formula is C18H33NO2. The molecule has 1 amide bonds. The van der Waals surface area contributed by atoms with Crippen molar-refractivity contribution in [2.75, 3.05) is 13.2 Å². The highest BCUT2D eigenvalue weighted by Crippen LogP contribution is 2.60. The van der Waals surface area contributed by atoms with Crippen LogP contribution >= 0.6 is 0 Å². The Labute approximate surface area is 130 Å². The molecule has 0 heterocycles. The van der Waals surface area contributed by atoms with Gasteiger partial charge in [0, 0.05) is 19.6 Å². The van der Waals surface area contributed by atoms with Crippen LogP contribution in [0.2, 0.25) is 0 Å². The Balaban J connectivity index is 1.37. The van der Waals surface area contributed by atoms with E-state index in [9.17, 15) is 4.79 Å². The van der Waals surface area contributed by atoms with E-state index < -0.39 is 0 Å². The van der Waals surface area contributed by atoms with Gasteiger partial charge in [0.15, 0.2) is 0 Å². The maximum absolute atomic E-state index is 11.9.